The predicted octanol–water partition coefficient (Wildman–Crippen LogP) is 1.50. The Kier molecular flexibility index (Phi) is 4.24. The van der Waals surface area contributed by atoms with Crippen molar-refractivity contribution in [3.8, 4) is 11.5 Å². The summed E-state index contributed by atoms with van der Waals surface area (Å²) in [6.45, 7) is 4.76. The molecule has 0 saturated carbocycles. The van der Waals surface area contributed by atoms with Crippen LogP contribution in [0.5, 0.6) is 11.5 Å². The first-order chi connectivity index (χ1) is 7.19. The fraction of sp³-hybridized carbons (Fsp3) is 0.455. The van der Waals surface area contributed by atoms with Gasteiger partial charge >= 0.3 is 0 Å². The van der Waals surface area contributed by atoms with Crippen LogP contribution in [0.25, 0.3) is 0 Å². The van der Waals surface area contributed by atoms with Crippen molar-refractivity contribution in [2.45, 2.75) is 13.8 Å². The molecule has 0 spiro atoms. The number of aliphatic hydroxyl groups excluding tert-OH is 1. The van der Waals surface area contributed by atoms with Crippen molar-refractivity contribution in [1.29, 1.82) is 0 Å². The van der Waals surface area contributed by atoms with Crippen LogP contribution in [0.2, 0.25) is 0 Å². The van der Waals surface area contributed by atoms with Gasteiger partial charge in [0, 0.05) is 12.6 Å². The largest absolute Gasteiger partial charge is 0.508 e. The SMILES string of the molecule is CCOc1cc(C)c(O)cc1NCCO. The normalized spacial score (nSPS) is 10.1. The minimum Gasteiger partial charge on any atom is -0.508 e. The van der Waals surface area contributed by atoms with E-state index in [9.17, 15) is 5.11 Å². The molecule has 0 fully saturated rings. The highest BCUT2D eigenvalue weighted by Crippen LogP contribution is 2.31. The van der Waals surface area contributed by atoms with E-state index in [0.29, 0.717) is 24.6 Å². The van der Waals surface area contributed by atoms with Gasteiger partial charge in [-0.15, -0.1) is 0 Å². The van der Waals surface area contributed by atoms with E-state index in [4.69, 9.17) is 9.84 Å². The Morgan fingerprint density at radius 1 is 1.40 bits per heavy atom. The molecule has 0 radical (unpaired) electrons. The summed E-state index contributed by atoms with van der Waals surface area (Å²) in [6.07, 6.45) is 0. The fourth-order valence-corrected chi connectivity index (χ4v) is 1.27. The molecular formula is C11H17NO3. The Morgan fingerprint density at radius 3 is 2.73 bits per heavy atom. The summed E-state index contributed by atoms with van der Waals surface area (Å²) in [5.41, 5.74) is 1.47. The lowest BCUT2D eigenvalue weighted by Gasteiger charge is -2.13. The van der Waals surface area contributed by atoms with Gasteiger partial charge in [-0.2, -0.15) is 0 Å². The smallest absolute Gasteiger partial charge is 0.142 e. The second-order valence-electron chi connectivity index (χ2n) is 3.22. The van der Waals surface area contributed by atoms with E-state index in [-0.39, 0.29) is 12.4 Å². The first-order valence-corrected chi connectivity index (χ1v) is 5.00. The monoisotopic (exact) mass is 211 g/mol. The van der Waals surface area contributed by atoms with Crippen molar-refractivity contribution in [1.82, 2.24) is 0 Å². The molecule has 84 valence electrons. The molecule has 0 amide bonds. The van der Waals surface area contributed by atoms with E-state index < -0.39 is 0 Å². The molecular weight excluding hydrogens is 194 g/mol. The van der Waals surface area contributed by atoms with Gasteiger partial charge in [0.05, 0.1) is 18.9 Å². The maximum absolute atomic E-state index is 9.53. The quantitative estimate of drug-likeness (QED) is 0.690. The second-order valence-corrected chi connectivity index (χ2v) is 3.22. The third-order valence-electron chi connectivity index (χ3n) is 2.03. The second kappa shape index (κ2) is 5.46. The highest BCUT2D eigenvalue weighted by atomic mass is 16.5. The number of rotatable bonds is 5. The Balaban J connectivity index is 2.93. The van der Waals surface area contributed by atoms with Crippen LogP contribution >= 0.6 is 0 Å². The first-order valence-electron chi connectivity index (χ1n) is 5.00. The zero-order valence-corrected chi connectivity index (χ0v) is 9.08. The third kappa shape index (κ3) is 3.02. The summed E-state index contributed by atoms with van der Waals surface area (Å²) < 4.78 is 5.41. The lowest BCUT2D eigenvalue weighted by molar-refractivity contribution is 0.310. The van der Waals surface area contributed by atoms with Gasteiger partial charge in [-0.1, -0.05) is 0 Å². The van der Waals surface area contributed by atoms with Gasteiger partial charge in [-0.3, -0.25) is 0 Å². The number of anilines is 1. The highest BCUT2D eigenvalue weighted by Gasteiger charge is 2.07. The summed E-state index contributed by atoms with van der Waals surface area (Å²) in [4.78, 5) is 0. The van der Waals surface area contributed by atoms with E-state index in [2.05, 4.69) is 5.32 Å². The van der Waals surface area contributed by atoms with Crippen LogP contribution in [0.15, 0.2) is 12.1 Å². The Hall–Kier alpha value is -1.42. The molecule has 0 saturated heterocycles. The van der Waals surface area contributed by atoms with Gasteiger partial charge in [0.1, 0.15) is 11.5 Å². The Labute approximate surface area is 89.5 Å². The van der Waals surface area contributed by atoms with Crippen molar-refractivity contribution in [2.24, 2.45) is 0 Å². The Morgan fingerprint density at radius 2 is 2.13 bits per heavy atom. The molecule has 0 atom stereocenters. The first kappa shape index (κ1) is 11.7. The number of aryl methyl sites for hydroxylation is 1. The minimum absolute atomic E-state index is 0.0419. The van der Waals surface area contributed by atoms with E-state index in [1.54, 1.807) is 12.1 Å². The molecule has 1 rings (SSSR count). The van der Waals surface area contributed by atoms with Crippen LogP contribution in [0.1, 0.15) is 12.5 Å². The number of aliphatic hydroxyl groups is 1. The minimum atomic E-state index is 0.0419. The van der Waals surface area contributed by atoms with Crippen molar-refractivity contribution >= 4 is 5.69 Å². The van der Waals surface area contributed by atoms with Gasteiger partial charge in [0.25, 0.3) is 0 Å². The molecule has 0 bridgehead atoms. The van der Waals surface area contributed by atoms with Gasteiger partial charge in [-0.05, 0) is 25.5 Å². The molecule has 0 aliphatic heterocycles. The van der Waals surface area contributed by atoms with Crippen LogP contribution < -0.4 is 10.1 Å². The maximum atomic E-state index is 9.53. The number of ether oxygens (including phenoxy) is 1. The molecule has 3 N–H and O–H groups in total. The van der Waals surface area contributed by atoms with Crippen LogP contribution in [-0.2, 0) is 0 Å². The fourth-order valence-electron chi connectivity index (χ4n) is 1.27. The number of hydrogen-bond acceptors (Lipinski definition) is 4. The molecule has 0 unspecified atom stereocenters. The van der Waals surface area contributed by atoms with E-state index >= 15 is 0 Å². The number of phenols is 1. The summed E-state index contributed by atoms with van der Waals surface area (Å²) in [7, 11) is 0. The lowest BCUT2D eigenvalue weighted by Crippen LogP contribution is -2.07. The van der Waals surface area contributed by atoms with Crippen molar-refractivity contribution in [3.63, 3.8) is 0 Å². The van der Waals surface area contributed by atoms with Gasteiger partial charge in [0.2, 0.25) is 0 Å². The number of nitrogens with one attached hydrogen (secondary N) is 1. The molecule has 0 aliphatic carbocycles. The third-order valence-corrected chi connectivity index (χ3v) is 2.03. The van der Waals surface area contributed by atoms with E-state index in [0.717, 1.165) is 5.56 Å². The van der Waals surface area contributed by atoms with Gasteiger partial charge in [-0.25, -0.2) is 0 Å². The summed E-state index contributed by atoms with van der Waals surface area (Å²) in [6, 6.07) is 3.38. The van der Waals surface area contributed by atoms with Gasteiger partial charge < -0.3 is 20.3 Å². The molecule has 15 heavy (non-hydrogen) atoms. The van der Waals surface area contributed by atoms with Crippen LogP contribution in [-0.4, -0.2) is 30.0 Å². The average Bonchev–Trinajstić information content (AvgIpc) is 2.21. The predicted molar refractivity (Wildman–Crippen MR) is 59.6 cm³/mol. The topological polar surface area (TPSA) is 61.7 Å². The molecule has 4 heteroatoms. The number of aromatic hydroxyl groups is 1. The molecule has 1 aromatic rings. The molecule has 0 aliphatic rings. The number of hydrogen-bond donors (Lipinski definition) is 3. The zero-order valence-electron chi connectivity index (χ0n) is 9.08. The van der Waals surface area contributed by atoms with Crippen LogP contribution in [0.3, 0.4) is 0 Å². The zero-order chi connectivity index (χ0) is 11.3. The highest BCUT2D eigenvalue weighted by molar-refractivity contribution is 5.61. The van der Waals surface area contributed by atoms with Crippen molar-refractivity contribution in [3.05, 3.63) is 17.7 Å². The summed E-state index contributed by atoms with van der Waals surface area (Å²) >= 11 is 0. The standard InChI is InChI=1S/C11H17NO3/c1-3-15-11-6-8(2)10(14)7-9(11)12-4-5-13/h6-7,12-14H,3-5H2,1-2H3. The van der Waals surface area contributed by atoms with Crippen LogP contribution in [0.4, 0.5) is 5.69 Å². The molecule has 0 heterocycles. The molecule has 0 aromatic heterocycles. The summed E-state index contributed by atoms with van der Waals surface area (Å²) in [5, 5.41) is 21.2. The number of phenolic OH excluding ortho intramolecular Hbond substituents is 1. The maximum Gasteiger partial charge on any atom is 0.142 e. The van der Waals surface area contributed by atoms with Gasteiger partial charge in [0.15, 0.2) is 0 Å². The molecule has 1 aromatic carbocycles. The number of benzene rings is 1. The van der Waals surface area contributed by atoms with E-state index in [1.807, 2.05) is 13.8 Å². The average molecular weight is 211 g/mol. The molecule has 4 nitrogen and oxygen atoms in total. The van der Waals surface area contributed by atoms with E-state index in [1.165, 1.54) is 0 Å². The van der Waals surface area contributed by atoms with Crippen molar-refractivity contribution in [2.75, 3.05) is 25.1 Å². The summed E-state index contributed by atoms with van der Waals surface area (Å²) in [5.74, 6) is 0.917. The Bertz CT molecular complexity index is 326. The van der Waals surface area contributed by atoms with Crippen molar-refractivity contribution < 1.29 is 14.9 Å². The lowest BCUT2D eigenvalue weighted by atomic mass is 10.2. The van der Waals surface area contributed by atoms with Crippen LogP contribution in [0, 0.1) is 6.92 Å².